The van der Waals surface area contributed by atoms with Gasteiger partial charge in [-0.15, -0.1) is 0 Å². The van der Waals surface area contributed by atoms with Crippen molar-refractivity contribution in [2.75, 3.05) is 24.1 Å². The zero-order valence-corrected chi connectivity index (χ0v) is 18.7. The lowest BCUT2D eigenvalue weighted by Crippen LogP contribution is -2.22. The lowest BCUT2D eigenvalue weighted by Gasteiger charge is -2.11. The number of hydrogen-bond acceptors (Lipinski definition) is 7. The van der Waals surface area contributed by atoms with Crippen LogP contribution in [0.5, 0.6) is 0 Å². The number of amides is 1. The molecule has 3 aromatic rings. The van der Waals surface area contributed by atoms with Crippen LogP contribution in [0.3, 0.4) is 0 Å². The van der Waals surface area contributed by atoms with Crippen LogP contribution in [0, 0.1) is 0 Å². The van der Waals surface area contributed by atoms with Gasteiger partial charge in [-0.3, -0.25) is 9.78 Å². The average Bonchev–Trinajstić information content (AvgIpc) is 2.84. The fourth-order valence-electron chi connectivity index (χ4n) is 3.38. The third-order valence-electron chi connectivity index (χ3n) is 5.08. The number of benzene rings is 1. The minimum absolute atomic E-state index is 0.0890. The molecular weight excluding hydrogens is 414 g/mol. The Hall–Kier alpha value is -3.78. The number of nitrogen functional groups attached to an aromatic ring is 1. The third-order valence-corrected chi connectivity index (χ3v) is 5.08. The summed E-state index contributed by atoms with van der Waals surface area (Å²) in [6.45, 7) is 1.88. The second-order valence-electron chi connectivity index (χ2n) is 7.61. The van der Waals surface area contributed by atoms with Gasteiger partial charge in [0.2, 0.25) is 11.9 Å². The number of carbonyl (C=O) groups excluding carboxylic acids is 1. The van der Waals surface area contributed by atoms with Crippen LogP contribution in [-0.4, -0.2) is 33.9 Å². The number of hydrogen-bond donors (Lipinski definition) is 4. The number of carbonyl (C=O) groups is 1. The fourth-order valence-corrected chi connectivity index (χ4v) is 3.38. The van der Waals surface area contributed by atoms with E-state index in [1.165, 1.54) is 6.08 Å². The van der Waals surface area contributed by atoms with Crippen molar-refractivity contribution >= 4 is 23.7 Å². The molecule has 0 spiro atoms. The lowest BCUT2D eigenvalue weighted by atomic mass is 10.0. The molecule has 0 fully saturated rings. The number of pyridine rings is 1. The molecule has 0 aliphatic heterocycles. The summed E-state index contributed by atoms with van der Waals surface area (Å²) in [5.74, 6) is 0.848. The van der Waals surface area contributed by atoms with E-state index in [0.29, 0.717) is 18.9 Å². The Morgan fingerprint density at radius 3 is 2.61 bits per heavy atom. The van der Waals surface area contributed by atoms with Gasteiger partial charge in [-0.1, -0.05) is 43.2 Å². The van der Waals surface area contributed by atoms with Gasteiger partial charge in [-0.25, -0.2) is 4.98 Å². The molecule has 1 amide bonds. The number of aromatic nitrogens is 3. The Labute approximate surface area is 194 Å². The summed E-state index contributed by atoms with van der Waals surface area (Å²) in [6, 6.07) is 13.5. The molecule has 0 aliphatic rings. The minimum Gasteiger partial charge on any atom is -0.370 e. The van der Waals surface area contributed by atoms with Gasteiger partial charge < -0.3 is 22.1 Å². The molecule has 2 aromatic heterocycles. The summed E-state index contributed by atoms with van der Waals surface area (Å²) in [5, 5.41) is 6.23. The molecule has 1 aromatic carbocycles. The highest BCUT2D eigenvalue weighted by Crippen LogP contribution is 2.24. The molecule has 172 valence electrons. The molecule has 0 atom stereocenters. The lowest BCUT2D eigenvalue weighted by molar-refractivity contribution is -0.116. The summed E-state index contributed by atoms with van der Waals surface area (Å²) >= 11 is 0. The number of unbranched alkanes of at least 4 members (excludes halogenated alkanes) is 3. The van der Waals surface area contributed by atoms with Crippen LogP contribution < -0.4 is 22.1 Å². The molecule has 33 heavy (non-hydrogen) atoms. The van der Waals surface area contributed by atoms with Crippen molar-refractivity contribution in [3.8, 4) is 11.3 Å². The van der Waals surface area contributed by atoms with Gasteiger partial charge >= 0.3 is 0 Å². The first-order valence-corrected chi connectivity index (χ1v) is 11.2. The van der Waals surface area contributed by atoms with Crippen LogP contribution >= 0.6 is 0 Å². The van der Waals surface area contributed by atoms with Gasteiger partial charge in [-0.2, -0.15) is 4.98 Å². The van der Waals surface area contributed by atoms with E-state index in [4.69, 9.17) is 11.5 Å². The topological polar surface area (TPSA) is 132 Å². The summed E-state index contributed by atoms with van der Waals surface area (Å²) in [7, 11) is 0. The normalized spacial score (nSPS) is 10.9. The molecule has 0 saturated heterocycles. The number of anilines is 2. The van der Waals surface area contributed by atoms with Gasteiger partial charge in [0.15, 0.2) is 0 Å². The molecule has 0 unspecified atom stereocenters. The molecular formula is C25H31N7O. The fraction of sp³-hybridized carbons (Fsp3) is 0.280. The smallest absolute Gasteiger partial charge is 0.243 e. The minimum atomic E-state index is -0.0890. The van der Waals surface area contributed by atoms with Crippen molar-refractivity contribution in [1.29, 1.82) is 0 Å². The predicted molar refractivity (Wildman–Crippen MR) is 133 cm³/mol. The number of nitrogens with two attached hydrogens (primary N) is 2. The highest BCUT2D eigenvalue weighted by atomic mass is 16.1. The van der Waals surface area contributed by atoms with E-state index in [-0.39, 0.29) is 11.9 Å². The molecule has 0 bridgehead atoms. The molecule has 8 nitrogen and oxygen atoms in total. The van der Waals surface area contributed by atoms with Crippen LogP contribution in [0.25, 0.3) is 17.3 Å². The molecule has 0 saturated carbocycles. The Bertz CT molecular complexity index is 1050. The van der Waals surface area contributed by atoms with Crippen LogP contribution in [0.2, 0.25) is 0 Å². The van der Waals surface area contributed by atoms with E-state index in [2.05, 4.69) is 25.6 Å². The van der Waals surface area contributed by atoms with Crippen molar-refractivity contribution < 1.29 is 4.79 Å². The molecule has 0 aliphatic carbocycles. The molecule has 3 rings (SSSR count). The molecule has 8 heteroatoms. The van der Waals surface area contributed by atoms with Crippen molar-refractivity contribution in [2.45, 2.75) is 32.2 Å². The first-order valence-electron chi connectivity index (χ1n) is 11.2. The first-order chi connectivity index (χ1) is 16.2. The quantitative estimate of drug-likeness (QED) is 0.248. The number of rotatable bonds is 12. The third kappa shape index (κ3) is 8.01. The van der Waals surface area contributed by atoms with E-state index in [1.807, 2.05) is 42.5 Å². The second kappa shape index (κ2) is 12.9. The van der Waals surface area contributed by atoms with Crippen LogP contribution in [-0.2, 0) is 11.3 Å². The summed E-state index contributed by atoms with van der Waals surface area (Å²) in [6.07, 6.45) is 10.7. The van der Waals surface area contributed by atoms with E-state index in [1.54, 1.807) is 18.5 Å². The van der Waals surface area contributed by atoms with Gasteiger partial charge in [-0.05, 0) is 36.1 Å². The Morgan fingerprint density at radius 1 is 1.00 bits per heavy atom. The van der Waals surface area contributed by atoms with E-state index in [9.17, 15) is 4.79 Å². The molecule has 6 N–H and O–H groups in total. The largest absolute Gasteiger partial charge is 0.370 e. The van der Waals surface area contributed by atoms with E-state index in [0.717, 1.165) is 54.6 Å². The highest BCUT2D eigenvalue weighted by molar-refractivity contribution is 5.91. The summed E-state index contributed by atoms with van der Waals surface area (Å²) in [5.41, 5.74) is 15.4. The Kier molecular flexibility index (Phi) is 9.35. The van der Waals surface area contributed by atoms with Gasteiger partial charge in [0.25, 0.3) is 0 Å². The van der Waals surface area contributed by atoms with Crippen molar-refractivity contribution in [3.05, 3.63) is 72.1 Å². The maximum Gasteiger partial charge on any atom is 0.243 e. The predicted octanol–water partition coefficient (Wildman–Crippen LogP) is 3.38. The zero-order valence-electron chi connectivity index (χ0n) is 18.7. The number of nitrogens with one attached hydrogen (secondary N) is 2. The Morgan fingerprint density at radius 2 is 1.82 bits per heavy atom. The van der Waals surface area contributed by atoms with Crippen molar-refractivity contribution in [1.82, 2.24) is 20.3 Å². The highest BCUT2D eigenvalue weighted by Gasteiger charge is 2.08. The second-order valence-corrected chi connectivity index (χ2v) is 7.61. The van der Waals surface area contributed by atoms with E-state index >= 15 is 0 Å². The molecule has 0 radical (unpaired) electrons. The number of nitrogens with zero attached hydrogens (tertiary/aromatic N) is 3. The van der Waals surface area contributed by atoms with Gasteiger partial charge in [0.05, 0.1) is 5.69 Å². The zero-order chi connectivity index (χ0) is 23.3. The molecule has 2 heterocycles. The first kappa shape index (κ1) is 23.9. The average molecular weight is 446 g/mol. The standard InChI is InChI=1S/C25H31N7O/c26-17-20-9-3-4-10-21(20)22-16-23(32-25(27)31-22)29-14-5-1-2-6-15-30-24(33)12-11-19-8-7-13-28-18-19/h3-4,7-13,16,18H,1-2,5-6,14-15,17,26H2,(H,30,33)(H3,27,29,31,32)/b12-11+. The maximum absolute atomic E-state index is 11.8. The van der Waals surface area contributed by atoms with E-state index < -0.39 is 0 Å². The van der Waals surface area contributed by atoms with Crippen LogP contribution in [0.15, 0.2) is 60.9 Å². The van der Waals surface area contributed by atoms with Crippen LogP contribution in [0.4, 0.5) is 11.8 Å². The SMILES string of the molecule is NCc1ccccc1-c1cc(NCCCCCCNC(=O)/C=C/c2cccnc2)nc(N)n1. The Balaban J connectivity index is 1.34. The van der Waals surface area contributed by atoms with Crippen LogP contribution in [0.1, 0.15) is 36.8 Å². The van der Waals surface area contributed by atoms with Crippen molar-refractivity contribution in [2.24, 2.45) is 5.73 Å². The van der Waals surface area contributed by atoms with Gasteiger partial charge in [0.1, 0.15) is 5.82 Å². The van der Waals surface area contributed by atoms with Gasteiger partial charge in [0, 0.05) is 49.7 Å². The maximum atomic E-state index is 11.8. The van der Waals surface area contributed by atoms with Crippen molar-refractivity contribution in [3.63, 3.8) is 0 Å². The monoisotopic (exact) mass is 445 g/mol. The summed E-state index contributed by atoms with van der Waals surface area (Å²) < 4.78 is 0. The summed E-state index contributed by atoms with van der Waals surface area (Å²) in [4.78, 5) is 24.5.